The second kappa shape index (κ2) is 3.23. The van der Waals surface area contributed by atoms with E-state index in [2.05, 4.69) is 9.72 Å². The molecule has 0 amide bonds. The Labute approximate surface area is 75.0 Å². The molecule has 0 N–H and O–H groups in total. The molecular formula is C10H6NO2. The van der Waals surface area contributed by atoms with Crippen LogP contribution in [0.25, 0.3) is 10.8 Å². The number of hydrogen-bond acceptors (Lipinski definition) is 3. The lowest BCUT2D eigenvalue weighted by atomic mass is 10.2. The SMILES string of the molecule is O=[C]Oc1cncc2ccccc12. The monoisotopic (exact) mass is 172 g/mol. The highest BCUT2D eigenvalue weighted by Gasteiger charge is 2.00. The van der Waals surface area contributed by atoms with Crippen molar-refractivity contribution < 1.29 is 9.53 Å². The smallest absolute Gasteiger partial charge is 0.416 e. The molecule has 2 rings (SSSR count). The zero-order valence-electron chi connectivity index (χ0n) is 6.73. The standard InChI is InChI=1S/C10H6NO2/c12-7-13-10-6-11-5-8-3-1-2-4-9(8)10/h1-6H. The molecule has 13 heavy (non-hydrogen) atoms. The van der Waals surface area contributed by atoms with Crippen LogP contribution >= 0.6 is 0 Å². The molecule has 1 aromatic heterocycles. The fourth-order valence-electron chi connectivity index (χ4n) is 1.22. The van der Waals surface area contributed by atoms with Gasteiger partial charge in [0.25, 0.3) is 0 Å². The van der Waals surface area contributed by atoms with Crippen LogP contribution in [-0.4, -0.2) is 11.5 Å². The van der Waals surface area contributed by atoms with Crippen LogP contribution in [0.5, 0.6) is 5.75 Å². The van der Waals surface area contributed by atoms with Crippen molar-refractivity contribution >= 4 is 17.2 Å². The molecule has 0 bridgehead atoms. The zero-order chi connectivity index (χ0) is 9.10. The number of aromatic nitrogens is 1. The van der Waals surface area contributed by atoms with Crippen molar-refractivity contribution in [2.45, 2.75) is 0 Å². The summed E-state index contributed by atoms with van der Waals surface area (Å²) in [5, 5.41) is 1.80. The number of hydrogen-bond donors (Lipinski definition) is 0. The Morgan fingerprint density at radius 1 is 1.23 bits per heavy atom. The molecule has 0 atom stereocenters. The van der Waals surface area contributed by atoms with E-state index >= 15 is 0 Å². The summed E-state index contributed by atoms with van der Waals surface area (Å²) < 4.78 is 4.65. The lowest BCUT2D eigenvalue weighted by Crippen LogP contribution is -1.90. The molecule has 3 nitrogen and oxygen atoms in total. The number of carbonyl (C=O) groups excluding carboxylic acids is 1. The third-order valence-corrected chi connectivity index (χ3v) is 1.78. The van der Waals surface area contributed by atoms with E-state index in [1.165, 1.54) is 12.7 Å². The normalized spacial score (nSPS) is 9.85. The summed E-state index contributed by atoms with van der Waals surface area (Å²) in [6, 6.07) is 7.54. The molecule has 0 aliphatic rings. The van der Waals surface area contributed by atoms with E-state index in [-0.39, 0.29) is 0 Å². The predicted octanol–water partition coefficient (Wildman–Crippen LogP) is 1.68. The average molecular weight is 172 g/mol. The second-order valence-electron chi connectivity index (χ2n) is 2.54. The van der Waals surface area contributed by atoms with Crippen molar-refractivity contribution in [1.29, 1.82) is 0 Å². The zero-order valence-corrected chi connectivity index (χ0v) is 6.73. The van der Waals surface area contributed by atoms with Gasteiger partial charge in [0.1, 0.15) is 0 Å². The number of benzene rings is 1. The lowest BCUT2D eigenvalue weighted by molar-refractivity contribution is 0.444. The average Bonchev–Trinajstić information content (AvgIpc) is 2.19. The Balaban J connectivity index is 2.68. The van der Waals surface area contributed by atoms with Crippen molar-refractivity contribution in [1.82, 2.24) is 4.98 Å². The first-order valence-corrected chi connectivity index (χ1v) is 3.78. The van der Waals surface area contributed by atoms with Crippen LogP contribution in [-0.2, 0) is 4.79 Å². The molecule has 2 aromatic rings. The molecule has 0 unspecified atom stereocenters. The van der Waals surface area contributed by atoms with Crippen LogP contribution in [0.4, 0.5) is 0 Å². The van der Waals surface area contributed by atoms with Crippen LogP contribution < -0.4 is 4.74 Å². The van der Waals surface area contributed by atoms with Gasteiger partial charge in [-0.25, -0.2) is 4.79 Å². The Morgan fingerprint density at radius 2 is 2.08 bits per heavy atom. The molecule has 0 spiro atoms. The third-order valence-electron chi connectivity index (χ3n) is 1.78. The van der Waals surface area contributed by atoms with Crippen molar-refractivity contribution in [3.8, 4) is 5.75 Å². The van der Waals surface area contributed by atoms with Crippen molar-refractivity contribution in [2.24, 2.45) is 0 Å². The first-order valence-electron chi connectivity index (χ1n) is 3.78. The summed E-state index contributed by atoms with van der Waals surface area (Å²) in [4.78, 5) is 14.0. The first kappa shape index (κ1) is 7.73. The van der Waals surface area contributed by atoms with Gasteiger partial charge in [-0.2, -0.15) is 0 Å². The molecule has 63 valence electrons. The van der Waals surface area contributed by atoms with Gasteiger partial charge in [0.2, 0.25) is 0 Å². The molecule has 1 heterocycles. The van der Waals surface area contributed by atoms with Crippen molar-refractivity contribution in [3.05, 3.63) is 36.7 Å². The first-order chi connectivity index (χ1) is 6.42. The highest BCUT2D eigenvalue weighted by atomic mass is 16.5. The Morgan fingerprint density at radius 3 is 2.92 bits per heavy atom. The van der Waals surface area contributed by atoms with Gasteiger partial charge in [0.15, 0.2) is 5.75 Å². The van der Waals surface area contributed by atoms with Crippen molar-refractivity contribution in [3.63, 3.8) is 0 Å². The quantitative estimate of drug-likeness (QED) is 0.691. The Bertz CT molecular complexity index is 434. The summed E-state index contributed by atoms with van der Waals surface area (Å²) in [5.41, 5.74) is 0. The molecule has 0 saturated carbocycles. The molecule has 0 saturated heterocycles. The fourth-order valence-corrected chi connectivity index (χ4v) is 1.22. The van der Waals surface area contributed by atoms with Crippen LogP contribution in [0.1, 0.15) is 0 Å². The van der Waals surface area contributed by atoms with Gasteiger partial charge in [-0.05, 0) is 0 Å². The molecule has 1 radical (unpaired) electrons. The van der Waals surface area contributed by atoms with E-state index in [9.17, 15) is 4.79 Å². The summed E-state index contributed by atoms with van der Waals surface area (Å²) in [6.45, 7) is 1.39. The summed E-state index contributed by atoms with van der Waals surface area (Å²) in [7, 11) is 0. The van der Waals surface area contributed by atoms with E-state index in [4.69, 9.17) is 0 Å². The van der Waals surface area contributed by atoms with Gasteiger partial charge in [-0.3, -0.25) is 4.98 Å². The number of fused-ring (bicyclic) bond motifs is 1. The van der Waals surface area contributed by atoms with Gasteiger partial charge in [0.05, 0.1) is 6.20 Å². The molecular weight excluding hydrogens is 166 g/mol. The van der Waals surface area contributed by atoms with Gasteiger partial charge >= 0.3 is 6.47 Å². The second-order valence-corrected chi connectivity index (χ2v) is 2.54. The summed E-state index contributed by atoms with van der Waals surface area (Å²) in [6.07, 6.45) is 3.21. The number of pyridine rings is 1. The maximum absolute atomic E-state index is 10.0. The number of ether oxygens (including phenoxy) is 1. The van der Waals surface area contributed by atoms with E-state index in [1.54, 1.807) is 6.20 Å². The molecule has 1 aromatic carbocycles. The lowest BCUT2D eigenvalue weighted by Gasteiger charge is -2.00. The summed E-state index contributed by atoms with van der Waals surface area (Å²) >= 11 is 0. The molecule has 0 aliphatic heterocycles. The minimum atomic E-state index is 0.438. The molecule has 3 heteroatoms. The van der Waals surface area contributed by atoms with E-state index in [1.807, 2.05) is 24.3 Å². The van der Waals surface area contributed by atoms with Gasteiger partial charge in [-0.15, -0.1) is 0 Å². The maximum atomic E-state index is 10.0. The highest BCUT2D eigenvalue weighted by molar-refractivity contribution is 5.87. The largest absolute Gasteiger partial charge is 0.423 e. The van der Waals surface area contributed by atoms with Gasteiger partial charge in [-0.1, -0.05) is 24.3 Å². The molecule has 0 aliphatic carbocycles. The van der Waals surface area contributed by atoms with Crippen LogP contribution in [0, 0.1) is 0 Å². The summed E-state index contributed by atoms with van der Waals surface area (Å²) in [5.74, 6) is 0.438. The van der Waals surface area contributed by atoms with Gasteiger partial charge in [0, 0.05) is 17.0 Å². The van der Waals surface area contributed by atoms with Crippen LogP contribution in [0.15, 0.2) is 36.7 Å². The Kier molecular flexibility index (Phi) is 1.92. The maximum Gasteiger partial charge on any atom is 0.423 e. The number of rotatable bonds is 2. The van der Waals surface area contributed by atoms with E-state index in [0.717, 1.165) is 10.8 Å². The molecule has 0 fully saturated rings. The van der Waals surface area contributed by atoms with Crippen LogP contribution in [0.3, 0.4) is 0 Å². The minimum absolute atomic E-state index is 0.438. The van der Waals surface area contributed by atoms with Crippen LogP contribution in [0.2, 0.25) is 0 Å². The topological polar surface area (TPSA) is 39.2 Å². The predicted molar refractivity (Wildman–Crippen MR) is 48.1 cm³/mol. The Hall–Kier alpha value is -1.90. The van der Waals surface area contributed by atoms with E-state index < -0.39 is 0 Å². The third kappa shape index (κ3) is 1.36. The van der Waals surface area contributed by atoms with Gasteiger partial charge < -0.3 is 4.74 Å². The number of nitrogens with zero attached hydrogens (tertiary/aromatic N) is 1. The fraction of sp³-hybridized carbons (Fsp3) is 0. The minimum Gasteiger partial charge on any atom is -0.416 e. The highest BCUT2D eigenvalue weighted by Crippen LogP contribution is 2.22. The van der Waals surface area contributed by atoms with Crippen molar-refractivity contribution in [2.75, 3.05) is 0 Å². The van der Waals surface area contributed by atoms with E-state index in [0.29, 0.717) is 5.75 Å².